The summed E-state index contributed by atoms with van der Waals surface area (Å²) in [6, 6.07) is 0. The van der Waals surface area contributed by atoms with Crippen molar-refractivity contribution in [1.82, 2.24) is 19.6 Å². The smallest absolute Gasteiger partial charge is 0.261 e. The Kier molecular flexibility index (Phi) is 5.05. The Balaban J connectivity index is 1.97. The molecule has 0 saturated carbocycles. The maximum atomic E-state index is 12.4. The minimum Gasteiger partial charge on any atom is -0.479 e. The second kappa shape index (κ2) is 6.81. The molecule has 7 nitrogen and oxygen atoms in total. The van der Waals surface area contributed by atoms with Crippen molar-refractivity contribution in [3.63, 3.8) is 0 Å². The van der Waals surface area contributed by atoms with Crippen LogP contribution >= 0.6 is 0 Å². The van der Waals surface area contributed by atoms with Crippen molar-refractivity contribution in [1.29, 1.82) is 0 Å². The Bertz CT molecular complexity index is 547. The molecule has 0 atom stereocenters. The molecule has 1 aromatic heterocycles. The number of likely N-dealkylation sites (tertiary alicyclic amines) is 1. The average molecular weight is 308 g/mol. The summed E-state index contributed by atoms with van der Waals surface area (Å²) in [6.45, 7) is 3.83. The van der Waals surface area contributed by atoms with Gasteiger partial charge < -0.3 is 14.5 Å². The number of nitrogens with zero attached hydrogens (tertiary/aromatic N) is 4. The Hall–Kier alpha value is -2.05. The number of carbonyl (C=O) groups is 2. The highest BCUT2D eigenvalue weighted by atomic mass is 16.5. The van der Waals surface area contributed by atoms with E-state index in [2.05, 4.69) is 12.0 Å². The van der Waals surface area contributed by atoms with Crippen LogP contribution < -0.4 is 4.74 Å². The van der Waals surface area contributed by atoms with E-state index in [1.54, 1.807) is 20.3 Å². The van der Waals surface area contributed by atoms with Crippen LogP contribution in [0.1, 0.15) is 30.1 Å². The van der Waals surface area contributed by atoms with Crippen molar-refractivity contribution in [2.45, 2.75) is 19.8 Å². The first-order valence-electron chi connectivity index (χ1n) is 7.53. The van der Waals surface area contributed by atoms with E-state index in [0.717, 1.165) is 25.9 Å². The molecule has 0 N–H and O–H groups in total. The highest BCUT2D eigenvalue weighted by Crippen LogP contribution is 2.18. The zero-order valence-electron chi connectivity index (χ0n) is 13.7. The van der Waals surface area contributed by atoms with Gasteiger partial charge in [0.1, 0.15) is 5.56 Å². The van der Waals surface area contributed by atoms with Gasteiger partial charge in [0.2, 0.25) is 11.8 Å². The molecule has 2 amide bonds. The molecule has 7 heteroatoms. The molecule has 1 fully saturated rings. The fourth-order valence-electron chi connectivity index (χ4n) is 2.60. The molecule has 1 aliphatic rings. The van der Waals surface area contributed by atoms with Crippen LogP contribution in [0.5, 0.6) is 5.88 Å². The number of hydrogen-bond acceptors (Lipinski definition) is 4. The largest absolute Gasteiger partial charge is 0.479 e. The van der Waals surface area contributed by atoms with E-state index in [9.17, 15) is 9.59 Å². The lowest BCUT2D eigenvalue weighted by Gasteiger charge is -2.31. The predicted octanol–water partition coefficient (Wildman–Crippen LogP) is 0.759. The molecule has 0 spiro atoms. The Morgan fingerprint density at radius 1 is 1.41 bits per heavy atom. The molecule has 0 unspecified atom stereocenters. The summed E-state index contributed by atoms with van der Waals surface area (Å²) in [5, 5.41) is 4.06. The van der Waals surface area contributed by atoms with Gasteiger partial charge in [-0.1, -0.05) is 6.92 Å². The number of likely N-dealkylation sites (N-methyl/N-ethyl adjacent to an activating group) is 1. The van der Waals surface area contributed by atoms with Gasteiger partial charge in [0.25, 0.3) is 5.91 Å². The Morgan fingerprint density at radius 3 is 2.64 bits per heavy atom. The maximum Gasteiger partial charge on any atom is 0.261 e. The number of aromatic nitrogens is 2. The highest BCUT2D eigenvalue weighted by molar-refractivity contribution is 5.98. The molecule has 0 bridgehead atoms. The molecule has 1 aromatic rings. The van der Waals surface area contributed by atoms with E-state index in [-0.39, 0.29) is 24.2 Å². The predicted molar refractivity (Wildman–Crippen MR) is 81.7 cm³/mol. The SMILES string of the molecule is COc1nn(C)cc1C(=O)N(C)CC(=O)N1CCC(C)CC1. The molecule has 0 aliphatic carbocycles. The quantitative estimate of drug-likeness (QED) is 0.823. The molecule has 1 saturated heterocycles. The average Bonchev–Trinajstić information content (AvgIpc) is 2.88. The number of ether oxygens (including phenoxy) is 1. The van der Waals surface area contributed by atoms with Gasteiger partial charge in [-0.2, -0.15) is 0 Å². The third kappa shape index (κ3) is 3.58. The summed E-state index contributed by atoms with van der Waals surface area (Å²) >= 11 is 0. The van der Waals surface area contributed by atoms with Crippen LogP contribution in [0.2, 0.25) is 0 Å². The molecule has 1 aliphatic heterocycles. The molecule has 2 rings (SSSR count). The normalized spacial score (nSPS) is 15.7. The number of amides is 2. The van der Waals surface area contributed by atoms with E-state index in [4.69, 9.17) is 4.74 Å². The fraction of sp³-hybridized carbons (Fsp3) is 0.667. The van der Waals surface area contributed by atoms with Gasteiger partial charge in [-0.25, -0.2) is 0 Å². The van der Waals surface area contributed by atoms with Crippen molar-refractivity contribution >= 4 is 11.8 Å². The summed E-state index contributed by atoms with van der Waals surface area (Å²) in [5.41, 5.74) is 0.368. The molecular formula is C15H24N4O3. The topological polar surface area (TPSA) is 67.7 Å². The Morgan fingerprint density at radius 2 is 2.05 bits per heavy atom. The van der Waals surface area contributed by atoms with Crippen LogP contribution in [0.15, 0.2) is 6.20 Å². The van der Waals surface area contributed by atoms with Crippen molar-refractivity contribution < 1.29 is 14.3 Å². The van der Waals surface area contributed by atoms with Crippen molar-refractivity contribution in [2.24, 2.45) is 13.0 Å². The lowest BCUT2D eigenvalue weighted by atomic mass is 9.99. The summed E-state index contributed by atoms with van der Waals surface area (Å²) in [5.74, 6) is 0.677. The maximum absolute atomic E-state index is 12.4. The number of rotatable bonds is 4. The lowest BCUT2D eigenvalue weighted by molar-refractivity contribution is -0.133. The number of carbonyl (C=O) groups excluding carboxylic acids is 2. The molecule has 2 heterocycles. The monoisotopic (exact) mass is 308 g/mol. The van der Waals surface area contributed by atoms with E-state index in [0.29, 0.717) is 11.5 Å². The highest BCUT2D eigenvalue weighted by Gasteiger charge is 2.25. The van der Waals surface area contributed by atoms with Gasteiger partial charge in [-0.05, 0) is 18.8 Å². The molecule has 122 valence electrons. The lowest BCUT2D eigenvalue weighted by Crippen LogP contribution is -2.44. The van der Waals surface area contributed by atoms with Gasteiger partial charge in [0.05, 0.1) is 13.7 Å². The molecule has 22 heavy (non-hydrogen) atoms. The summed E-state index contributed by atoms with van der Waals surface area (Å²) in [4.78, 5) is 28.0. The summed E-state index contributed by atoms with van der Waals surface area (Å²) in [6.07, 6.45) is 3.66. The standard InChI is InChI=1S/C15H24N4O3/c1-11-5-7-19(8-6-11)13(20)10-17(2)15(21)12-9-18(3)16-14(12)22-4/h9,11H,5-8,10H2,1-4H3. The van der Waals surface area contributed by atoms with Gasteiger partial charge in [0.15, 0.2) is 0 Å². The summed E-state index contributed by atoms with van der Waals surface area (Å²) < 4.78 is 6.62. The van der Waals surface area contributed by atoms with Crippen LogP contribution in [0.4, 0.5) is 0 Å². The first kappa shape index (κ1) is 16.3. The van der Waals surface area contributed by atoms with E-state index in [1.807, 2.05) is 4.90 Å². The number of piperidine rings is 1. The van der Waals surface area contributed by atoms with Crippen LogP contribution in [-0.4, -0.2) is 65.2 Å². The molecule has 0 aromatic carbocycles. The zero-order valence-corrected chi connectivity index (χ0v) is 13.7. The van der Waals surface area contributed by atoms with Crippen molar-refractivity contribution in [3.05, 3.63) is 11.8 Å². The van der Waals surface area contributed by atoms with E-state index >= 15 is 0 Å². The minimum absolute atomic E-state index is 0.00870. The molecular weight excluding hydrogens is 284 g/mol. The number of hydrogen-bond donors (Lipinski definition) is 0. The van der Waals surface area contributed by atoms with Gasteiger partial charge in [0, 0.05) is 33.4 Å². The fourth-order valence-corrected chi connectivity index (χ4v) is 2.60. The Labute approximate surface area is 130 Å². The van der Waals surface area contributed by atoms with Gasteiger partial charge in [-0.15, -0.1) is 5.10 Å². The first-order valence-corrected chi connectivity index (χ1v) is 7.53. The van der Waals surface area contributed by atoms with Gasteiger partial charge >= 0.3 is 0 Å². The van der Waals surface area contributed by atoms with E-state index < -0.39 is 0 Å². The third-order valence-electron chi connectivity index (χ3n) is 4.07. The van der Waals surface area contributed by atoms with Crippen LogP contribution in [0.3, 0.4) is 0 Å². The third-order valence-corrected chi connectivity index (χ3v) is 4.07. The van der Waals surface area contributed by atoms with Crippen LogP contribution in [0, 0.1) is 5.92 Å². The van der Waals surface area contributed by atoms with Crippen LogP contribution in [0.25, 0.3) is 0 Å². The second-order valence-electron chi connectivity index (χ2n) is 5.95. The van der Waals surface area contributed by atoms with Gasteiger partial charge in [-0.3, -0.25) is 14.3 Å². The second-order valence-corrected chi connectivity index (χ2v) is 5.95. The first-order chi connectivity index (χ1) is 10.4. The van der Waals surface area contributed by atoms with Crippen LogP contribution in [-0.2, 0) is 11.8 Å². The summed E-state index contributed by atoms with van der Waals surface area (Å²) in [7, 11) is 4.82. The number of aryl methyl sites for hydroxylation is 1. The number of methoxy groups -OCH3 is 1. The van der Waals surface area contributed by atoms with Crippen molar-refractivity contribution in [3.8, 4) is 5.88 Å². The van der Waals surface area contributed by atoms with E-state index in [1.165, 1.54) is 16.7 Å². The minimum atomic E-state index is -0.260. The van der Waals surface area contributed by atoms with Crippen molar-refractivity contribution in [2.75, 3.05) is 33.8 Å². The zero-order chi connectivity index (χ0) is 16.3. The molecule has 0 radical (unpaired) electrons.